The van der Waals surface area contributed by atoms with Gasteiger partial charge in [-0.1, -0.05) is 26.0 Å². The summed E-state index contributed by atoms with van der Waals surface area (Å²) in [6.07, 6.45) is 1.62. The Hall–Kier alpha value is -0.930. The van der Waals surface area contributed by atoms with Gasteiger partial charge in [-0.2, -0.15) is 0 Å². The van der Waals surface area contributed by atoms with Gasteiger partial charge >= 0.3 is 0 Å². The van der Waals surface area contributed by atoms with Gasteiger partial charge in [0.1, 0.15) is 0 Å². The first-order valence-corrected chi connectivity index (χ1v) is 3.50. The lowest BCUT2D eigenvalue weighted by atomic mass is 9.93. The van der Waals surface area contributed by atoms with Gasteiger partial charge in [-0.25, -0.2) is 9.07 Å². The highest BCUT2D eigenvalue weighted by molar-refractivity contribution is 5.05. The van der Waals surface area contributed by atoms with Crippen LogP contribution < -0.4 is 0 Å². The molecule has 0 unspecified atom stereocenters. The molecule has 0 aromatic carbocycles. The van der Waals surface area contributed by atoms with Crippen LogP contribution >= 0.6 is 0 Å². The quantitative estimate of drug-likeness (QED) is 0.618. The van der Waals surface area contributed by atoms with E-state index in [0.717, 1.165) is 5.69 Å². The number of hydrogen-bond donors (Lipinski definition) is 0. The van der Waals surface area contributed by atoms with Crippen molar-refractivity contribution in [1.82, 2.24) is 15.0 Å². The molecule has 1 heterocycles. The summed E-state index contributed by atoms with van der Waals surface area (Å²) in [5, 5.41) is 7.42. The normalized spacial score (nSPS) is 12.0. The van der Waals surface area contributed by atoms with E-state index in [1.54, 1.807) is 6.20 Å². The zero-order chi connectivity index (χ0) is 8.48. The summed E-state index contributed by atoms with van der Waals surface area (Å²) in [5.74, 6) is 0. The fraction of sp³-hybridized carbons (Fsp3) is 0.714. The molecule has 1 aromatic rings. The minimum absolute atomic E-state index is 0.0482. The lowest BCUT2D eigenvalue weighted by molar-refractivity contribution is 0.343. The Morgan fingerprint density at radius 2 is 2.18 bits per heavy atom. The summed E-state index contributed by atoms with van der Waals surface area (Å²) >= 11 is 0. The van der Waals surface area contributed by atoms with Crippen LogP contribution in [0.4, 0.5) is 4.39 Å². The Bertz CT molecular complexity index is 236. The van der Waals surface area contributed by atoms with E-state index in [4.69, 9.17) is 0 Å². The largest absolute Gasteiger partial charge is 0.225 e. The average Bonchev–Trinajstić information content (AvgIpc) is 2.32. The lowest BCUT2D eigenvalue weighted by Gasteiger charge is -2.12. The Morgan fingerprint density at radius 3 is 2.45 bits per heavy atom. The number of rotatable bonds is 1. The monoisotopic (exact) mass is 157 g/mol. The van der Waals surface area contributed by atoms with Crippen LogP contribution in [0.3, 0.4) is 0 Å². The Balaban J connectivity index is 2.89. The van der Waals surface area contributed by atoms with Crippen LogP contribution in [0.15, 0.2) is 6.20 Å². The van der Waals surface area contributed by atoms with Crippen molar-refractivity contribution in [2.24, 2.45) is 0 Å². The van der Waals surface area contributed by atoms with Crippen LogP contribution in [0.25, 0.3) is 0 Å². The van der Waals surface area contributed by atoms with E-state index in [1.807, 2.05) is 20.8 Å². The molecule has 1 aromatic heterocycles. The van der Waals surface area contributed by atoms with E-state index >= 15 is 0 Å². The molecule has 0 saturated heterocycles. The fourth-order valence-corrected chi connectivity index (χ4v) is 0.700. The molecular weight excluding hydrogens is 145 g/mol. The summed E-state index contributed by atoms with van der Waals surface area (Å²) in [5.41, 5.74) is 0.767. The third-order valence-corrected chi connectivity index (χ3v) is 1.43. The van der Waals surface area contributed by atoms with Gasteiger partial charge in [-0.05, 0) is 0 Å². The second-order valence-corrected chi connectivity index (χ2v) is 3.51. The number of hydrogen-bond acceptors (Lipinski definition) is 2. The Kier molecular flexibility index (Phi) is 1.93. The molecule has 3 nitrogen and oxygen atoms in total. The summed E-state index contributed by atoms with van der Waals surface area (Å²) < 4.78 is 13.2. The molecule has 62 valence electrons. The summed E-state index contributed by atoms with van der Waals surface area (Å²) in [6.45, 7) is 5.43. The third-order valence-electron chi connectivity index (χ3n) is 1.43. The maximum Gasteiger partial charge on any atom is 0.183 e. The molecular formula is C7H12FN3. The fourth-order valence-electron chi connectivity index (χ4n) is 0.700. The molecule has 0 N–H and O–H groups in total. The molecule has 0 aliphatic heterocycles. The molecule has 4 heteroatoms. The van der Waals surface area contributed by atoms with Crippen molar-refractivity contribution in [2.45, 2.75) is 33.0 Å². The van der Waals surface area contributed by atoms with Crippen molar-refractivity contribution in [3.8, 4) is 0 Å². The number of nitrogens with zero attached hydrogens (tertiary/aromatic N) is 3. The molecule has 0 atom stereocenters. The second kappa shape index (κ2) is 2.60. The summed E-state index contributed by atoms with van der Waals surface area (Å²) in [7, 11) is 0. The van der Waals surface area contributed by atoms with Gasteiger partial charge in [0, 0.05) is 5.41 Å². The van der Waals surface area contributed by atoms with Gasteiger partial charge in [0.2, 0.25) is 0 Å². The minimum Gasteiger partial charge on any atom is -0.225 e. The molecule has 0 saturated carbocycles. The van der Waals surface area contributed by atoms with Crippen LogP contribution in [0, 0.1) is 0 Å². The molecule has 0 fully saturated rings. The van der Waals surface area contributed by atoms with E-state index < -0.39 is 6.80 Å². The van der Waals surface area contributed by atoms with E-state index in [2.05, 4.69) is 10.3 Å². The molecule has 0 amide bonds. The van der Waals surface area contributed by atoms with Gasteiger partial charge in [0.05, 0.1) is 11.9 Å². The van der Waals surface area contributed by atoms with Crippen molar-refractivity contribution in [2.75, 3.05) is 0 Å². The second-order valence-electron chi connectivity index (χ2n) is 3.51. The third kappa shape index (κ3) is 1.76. The highest BCUT2D eigenvalue weighted by Gasteiger charge is 2.17. The van der Waals surface area contributed by atoms with E-state index in [0.29, 0.717) is 0 Å². The predicted molar refractivity (Wildman–Crippen MR) is 39.8 cm³/mol. The summed E-state index contributed by atoms with van der Waals surface area (Å²) in [4.78, 5) is 0. The Morgan fingerprint density at radius 1 is 1.55 bits per heavy atom. The van der Waals surface area contributed by atoms with Crippen molar-refractivity contribution < 1.29 is 4.39 Å². The minimum atomic E-state index is -0.608. The first-order chi connectivity index (χ1) is 5.04. The molecule has 0 radical (unpaired) electrons. The SMILES string of the molecule is CC(C)(C)c1cn(CF)nn1. The van der Waals surface area contributed by atoms with Crippen LogP contribution in [0.2, 0.25) is 0 Å². The average molecular weight is 157 g/mol. The first kappa shape index (κ1) is 8.17. The first-order valence-electron chi connectivity index (χ1n) is 3.50. The van der Waals surface area contributed by atoms with Gasteiger partial charge < -0.3 is 0 Å². The smallest absolute Gasteiger partial charge is 0.183 e. The van der Waals surface area contributed by atoms with Crippen molar-refractivity contribution in [3.63, 3.8) is 0 Å². The van der Waals surface area contributed by atoms with E-state index in [-0.39, 0.29) is 5.41 Å². The van der Waals surface area contributed by atoms with Crippen molar-refractivity contribution in [3.05, 3.63) is 11.9 Å². The molecule has 1 rings (SSSR count). The van der Waals surface area contributed by atoms with E-state index in [9.17, 15) is 4.39 Å². The molecule has 0 bridgehead atoms. The zero-order valence-corrected chi connectivity index (χ0v) is 7.00. The lowest BCUT2D eigenvalue weighted by Crippen LogP contribution is -2.11. The topological polar surface area (TPSA) is 30.7 Å². The number of alkyl halides is 1. The maximum absolute atomic E-state index is 12.0. The molecule has 0 aliphatic rings. The van der Waals surface area contributed by atoms with Crippen molar-refractivity contribution >= 4 is 0 Å². The zero-order valence-electron chi connectivity index (χ0n) is 7.00. The van der Waals surface area contributed by atoms with Gasteiger partial charge in [-0.15, -0.1) is 5.10 Å². The van der Waals surface area contributed by atoms with Crippen LogP contribution in [-0.4, -0.2) is 15.0 Å². The molecule has 0 spiro atoms. The van der Waals surface area contributed by atoms with Crippen molar-refractivity contribution in [1.29, 1.82) is 0 Å². The van der Waals surface area contributed by atoms with Gasteiger partial charge in [0.25, 0.3) is 0 Å². The summed E-state index contributed by atoms with van der Waals surface area (Å²) in [6, 6.07) is 0. The highest BCUT2D eigenvalue weighted by atomic mass is 19.1. The van der Waals surface area contributed by atoms with Crippen LogP contribution in [0.1, 0.15) is 26.5 Å². The molecule has 11 heavy (non-hydrogen) atoms. The molecule has 0 aliphatic carbocycles. The standard InChI is InChI=1S/C7H12FN3/c1-7(2,3)6-4-11(5-8)10-9-6/h4H,5H2,1-3H3. The van der Waals surface area contributed by atoms with Gasteiger partial charge in [-0.3, -0.25) is 0 Å². The van der Waals surface area contributed by atoms with Crippen LogP contribution in [0.5, 0.6) is 0 Å². The van der Waals surface area contributed by atoms with Crippen LogP contribution in [-0.2, 0) is 12.2 Å². The highest BCUT2D eigenvalue weighted by Crippen LogP contribution is 2.18. The number of aromatic nitrogens is 3. The van der Waals surface area contributed by atoms with Gasteiger partial charge in [0.15, 0.2) is 6.80 Å². The Labute approximate surface area is 65.2 Å². The number of halogens is 1. The maximum atomic E-state index is 12.0. The van der Waals surface area contributed by atoms with E-state index in [1.165, 1.54) is 4.68 Å². The predicted octanol–water partition coefficient (Wildman–Crippen LogP) is 1.50.